The molecular formula is C15H31NOS. The van der Waals surface area contributed by atoms with Crippen LogP contribution in [-0.2, 0) is 4.74 Å². The summed E-state index contributed by atoms with van der Waals surface area (Å²) in [5.74, 6) is 3.29. The lowest BCUT2D eigenvalue weighted by Crippen LogP contribution is -2.42. The zero-order valence-corrected chi connectivity index (χ0v) is 13.3. The minimum absolute atomic E-state index is 0.418. The van der Waals surface area contributed by atoms with Crippen molar-refractivity contribution in [1.29, 1.82) is 0 Å². The molecule has 0 aromatic rings. The Labute approximate surface area is 118 Å². The van der Waals surface area contributed by atoms with Gasteiger partial charge in [0.05, 0.1) is 6.61 Å². The minimum Gasteiger partial charge on any atom is -0.381 e. The second-order valence-electron chi connectivity index (χ2n) is 5.98. The average Bonchev–Trinajstić information content (AvgIpc) is 2.36. The molecule has 0 bridgehead atoms. The molecule has 1 aliphatic heterocycles. The Kier molecular flexibility index (Phi) is 8.36. The van der Waals surface area contributed by atoms with Crippen LogP contribution in [0.25, 0.3) is 0 Å². The smallest absolute Gasteiger partial charge is 0.0534 e. The van der Waals surface area contributed by atoms with Gasteiger partial charge in [0.2, 0.25) is 0 Å². The predicted molar refractivity (Wildman–Crippen MR) is 82.4 cm³/mol. The summed E-state index contributed by atoms with van der Waals surface area (Å²) >= 11 is 2.06. The fourth-order valence-electron chi connectivity index (χ4n) is 2.65. The second kappa shape index (κ2) is 9.22. The van der Waals surface area contributed by atoms with Crippen LogP contribution in [0.15, 0.2) is 0 Å². The SMILES string of the molecule is CCSCCCC1(CNCC(C)C)CCCOC1. The zero-order chi connectivity index (χ0) is 13.3. The van der Waals surface area contributed by atoms with E-state index in [-0.39, 0.29) is 0 Å². The third-order valence-electron chi connectivity index (χ3n) is 3.66. The summed E-state index contributed by atoms with van der Waals surface area (Å²) in [6, 6.07) is 0. The quantitative estimate of drug-likeness (QED) is 0.649. The van der Waals surface area contributed by atoms with Gasteiger partial charge in [0.15, 0.2) is 0 Å². The largest absolute Gasteiger partial charge is 0.381 e. The molecule has 1 saturated heterocycles. The third-order valence-corrected chi connectivity index (χ3v) is 4.64. The van der Waals surface area contributed by atoms with Crippen LogP contribution in [0.2, 0.25) is 0 Å². The summed E-state index contributed by atoms with van der Waals surface area (Å²) in [6.45, 7) is 11.0. The second-order valence-corrected chi connectivity index (χ2v) is 7.38. The van der Waals surface area contributed by atoms with E-state index in [1.165, 1.54) is 37.2 Å². The van der Waals surface area contributed by atoms with Gasteiger partial charge in [-0.25, -0.2) is 0 Å². The van der Waals surface area contributed by atoms with Crippen molar-refractivity contribution in [2.75, 3.05) is 37.8 Å². The molecular weight excluding hydrogens is 242 g/mol. The van der Waals surface area contributed by atoms with Crippen LogP contribution >= 0.6 is 11.8 Å². The first-order chi connectivity index (χ1) is 8.68. The highest BCUT2D eigenvalue weighted by molar-refractivity contribution is 7.99. The molecule has 1 heterocycles. The molecule has 0 amide bonds. The molecule has 1 aliphatic rings. The highest BCUT2D eigenvalue weighted by Gasteiger charge is 2.31. The molecule has 0 aromatic carbocycles. The standard InChI is InChI=1S/C15H31NOS/c1-4-18-10-6-8-15(7-5-9-17-13-15)12-16-11-14(2)3/h14,16H,4-13H2,1-3H3. The van der Waals surface area contributed by atoms with Crippen molar-refractivity contribution < 1.29 is 4.74 Å². The van der Waals surface area contributed by atoms with E-state index in [4.69, 9.17) is 4.74 Å². The molecule has 0 radical (unpaired) electrons. The summed E-state index contributed by atoms with van der Waals surface area (Å²) < 4.78 is 5.75. The molecule has 1 N–H and O–H groups in total. The molecule has 1 fully saturated rings. The lowest BCUT2D eigenvalue weighted by Gasteiger charge is -2.37. The molecule has 0 saturated carbocycles. The van der Waals surface area contributed by atoms with Gasteiger partial charge >= 0.3 is 0 Å². The Morgan fingerprint density at radius 3 is 2.83 bits per heavy atom. The molecule has 2 nitrogen and oxygen atoms in total. The summed E-state index contributed by atoms with van der Waals surface area (Å²) in [6.07, 6.45) is 5.25. The van der Waals surface area contributed by atoms with E-state index in [9.17, 15) is 0 Å². The minimum atomic E-state index is 0.418. The van der Waals surface area contributed by atoms with Crippen molar-refractivity contribution in [3.8, 4) is 0 Å². The lowest BCUT2D eigenvalue weighted by molar-refractivity contribution is -0.0124. The van der Waals surface area contributed by atoms with Gasteiger partial charge in [-0.2, -0.15) is 11.8 Å². The first-order valence-electron chi connectivity index (χ1n) is 7.55. The van der Waals surface area contributed by atoms with Crippen LogP contribution < -0.4 is 5.32 Å². The van der Waals surface area contributed by atoms with Crippen molar-refractivity contribution in [3.63, 3.8) is 0 Å². The average molecular weight is 273 g/mol. The number of thioether (sulfide) groups is 1. The maximum atomic E-state index is 5.75. The van der Waals surface area contributed by atoms with Gasteiger partial charge in [-0.15, -0.1) is 0 Å². The van der Waals surface area contributed by atoms with E-state index in [0.717, 1.165) is 32.2 Å². The Bertz CT molecular complexity index is 203. The fraction of sp³-hybridized carbons (Fsp3) is 1.00. The number of hydrogen-bond donors (Lipinski definition) is 1. The van der Waals surface area contributed by atoms with Crippen molar-refractivity contribution >= 4 is 11.8 Å². The van der Waals surface area contributed by atoms with Crippen LogP contribution in [0, 0.1) is 11.3 Å². The molecule has 0 aromatic heterocycles. The van der Waals surface area contributed by atoms with Gasteiger partial charge in [-0.3, -0.25) is 0 Å². The van der Waals surface area contributed by atoms with E-state index in [2.05, 4.69) is 37.8 Å². The van der Waals surface area contributed by atoms with Crippen molar-refractivity contribution in [2.45, 2.75) is 46.5 Å². The highest BCUT2D eigenvalue weighted by atomic mass is 32.2. The Hall–Kier alpha value is 0.270. The molecule has 1 atom stereocenters. The number of rotatable bonds is 9. The molecule has 18 heavy (non-hydrogen) atoms. The van der Waals surface area contributed by atoms with E-state index in [1.54, 1.807) is 0 Å². The molecule has 0 spiro atoms. The topological polar surface area (TPSA) is 21.3 Å². The fourth-order valence-corrected chi connectivity index (χ4v) is 3.29. The van der Waals surface area contributed by atoms with Crippen LogP contribution in [0.3, 0.4) is 0 Å². The maximum Gasteiger partial charge on any atom is 0.0534 e. The lowest BCUT2D eigenvalue weighted by atomic mass is 9.78. The molecule has 3 heteroatoms. The van der Waals surface area contributed by atoms with E-state index in [0.29, 0.717) is 5.41 Å². The highest BCUT2D eigenvalue weighted by Crippen LogP contribution is 2.33. The first-order valence-corrected chi connectivity index (χ1v) is 8.70. The maximum absolute atomic E-state index is 5.75. The Morgan fingerprint density at radius 1 is 1.39 bits per heavy atom. The zero-order valence-electron chi connectivity index (χ0n) is 12.5. The number of hydrogen-bond acceptors (Lipinski definition) is 3. The summed E-state index contributed by atoms with van der Waals surface area (Å²) in [5, 5.41) is 3.65. The van der Waals surface area contributed by atoms with Crippen LogP contribution in [0.4, 0.5) is 0 Å². The first kappa shape index (κ1) is 16.3. The number of ether oxygens (including phenoxy) is 1. The van der Waals surface area contributed by atoms with Gasteiger partial charge < -0.3 is 10.1 Å². The van der Waals surface area contributed by atoms with Gasteiger partial charge in [-0.05, 0) is 49.7 Å². The summed E-state index contributed by atoms with van der Waals surface area (Å²) in [4.78, 5) is 0. The van der Waals surface area contributed by atoms with Crippen molar-refractivity contribution in [2.24, 2.45) is 11.3 Å². The molecule has 1 unspecified atom stereocenters. The van der Waals surface area contributed by atoms with E-state index in [1.807, 2.05) is 0 Å². The van der Waals surface area contributed by atoms with Crippen LogP contribution in [-0.4, -0.2) is 37.8 Å². The van der Waals surface area contributed by atoms with Gasteiger partial charge in [0.25, 0.3) is 0 Å². The van der Waals surface area contributed by atoms with E-state index < -0.39 is 0 Å². The molecule has 1 rings (SSSR count). The third kappa shape index (κ3) is 6.44. The Morgan fingerprint density at radius 2 is 2.22 bits per heavy atom. The Balaban J connectivity index is 2.32. The number of nitrogens with one attached hydrogen (secondary N) is 1. The summed E-state index contributed by atoms with van der Waals surface area (Å²) in [7, 11) is 0. The van der Waals surface area contributed by atoms with Crippen molar-refractivity contribution in [3.05, 3.63) is 0 Å². The molecule has 108 valence electrons. The van der Waals surface area contributed by atoms with Gasteiger partial charge in [-0.1, -0.05) is 20.8 Å². The molecule has 0 aliphatic carbocycles. The van der Waals surface area contributed by atoms with Crippen molar-refractivity contribution in [1.82, 2.24) is 5.32 Å². The predicted octanol–water partition coefficient (Wildman–Crippen LogP) is 3.56. The van der Waals surface area contributed by atoms with Crippen LogP contribution in [0.1, 0.15) is 46.5 Å². The normalized spacial score (nSPS) is 24.7. The van der Waals surface area contributed by atoms with E-state index >= 15 is 0 Å². The monoisotopic (exact) mass is 273 g/mol. The van der Waals surface area contributed by atoms with Crippen LogP contribution in [0.5, 0.6) is 0 Å². The van der Waals surface area contributed by atoms with Gasteiger partial charge in [0, 0.05) is 18.6 Å². The van der Waals surface area contributed by atoms with Gasteiger partial charge in [0.1, 0.15) is 0 Å². The summed E-state index contributed by atoms with van der Waals surface area (Å²) in [5.41, 5.74) is 0.418.